The van der Waals surface area contributed by atoms with Crippen molar-refractivity contribution in [2.75, 3.05) is 20.8 Å². The van der Waals surface area contributed by atoms with Crippen molar-refractivity contribution in [1.29, 1.82) is 0 Å². The van der Waals surface area contributed by atoms with Gasteiger partial charge < -0.3 is 57.6 Å². The number of carbonyl (C=O) groups is 2. The summed E-state index contributed by atoms with van der Waals surface area (Å²) >= 11 is 0. The van der Waals surface area contributed by atoms with E-state index in [1.165, 1.54) is 6.08 Å². The van der Waals surface area contributed by atoms with Crippen molar-refractivity contribution in [1.82, 2.24) is 0 Å². The summed E-state index contributed by atoms with van der Waals surface area (Å²) in [4.78, 5) is 27.7. The van der Waals surface area contributed by atoms with E-state index < -0.39 is 96.9 Å². The highest BCUT2D eigenvalue weighted by Gasteiger charge is 2.60. The molecule has 62 heavy (non-hydrogen) atoms. The van der Waals surface area contributed by atoms with Crippen LogP contribution in [0.4, 0.5) is 0 Å². The topological polar surface area (TPSA) is 167 Å². The normalized spacial score (nSPS) is 47.1. The zero-order valence-corrected chi connectivity index (χ0v) is 38.1. The molecule has 0 saturated carbocycles. The summed E-state index contributed by atoms with van der Waals surface area (Å²) in [7, 11) is 3.21. The number of hydrogen-bond donors (Lipinski definition) is 2. The van der Waals surface area contributed by atoms with Gasteiger partial charge in [0.05, 0.1) is 49.3 Å². The molecule has 7 rings (SSSR count). The van der Waals surface area contributed by atoms with Crippen LogP contribution in [0.5, 0.6) is 0 Å². The maximum absolute atomic E-state index is 14.3. The van der Waals surface area contributed by atoms with Gasteiger partial charge in [0.25, 0.3) is 0 Å². The lowest BCUT2D eigenvalue weighted by Gasteiger charge is -2.48. The first kappa shape index (κ1) is 47.4. The molecule has 0 unspecified atom stereocenters. The van der Waals surface area contributed by atoms with E-state index in [0.717, 1.165) is 12.0 Å². The van der Waals surface area contributed by atoms with Crippen LogP contribution >= 0.6 is 0 Å². The highest BCUT2D eigenvalue weighted by Crippen LogP contribution is 2.46. The molecule has 14 heteroatoms. The molecular weight excluding hydrogens is 801 g/mol. The smallest absolute Gasteiger partial charge is 0.316 e. The minimum absolute atomic E-state index is 0.0291. The number of allylic oxidation sites excluding steroid dienone is 2. The van der Waals surface area contributed by atoms with Gasteiger partial charge in [-0.25, -0.2) is 0 Å². The standard InChI is InChI=1S/C48H70O14/c1-11-25(2)43-28(5)17-18-47(62-43)23-34-20-33(61-47)16-15-27(4)42(26(3)13-12-14-32-24-55-45-40(49)29(6)19-35(46(51)58-34)48(32,45)52)59-39-22-37(54-10)44(31(8)57-39)60-38-21-36(53-9)41(50)30(7)56-38/h12-15,17-19,25-26,28,30-31,33-39,41-45,50,52H,11,16,20-24H2,1-10H3/b13-12-,27-15-,32-14?/t25-,26-,28-,30-,31-,33+,34-,35-,36-,37-,38-,39-,41-,42-,43+,44-,45+,47+,48+/m0/s1. The van der Waals surface area contributed by atoms with Crippen LogP contribution in [-0.4, -0.2) is 134 Å². The fraction of sp³-hybridized carbons (Fsp3) is 0.750. The molecule has 6 aliphatic heterocycles. The molecule has 2 bridgehead atoms. The van der Waals surface area contributed by atoms with Crippen LogP contribution in [0.1, 0.15) is 93.9 Å². The molecule has 0 radical (unpaired) electrons. The fourth-order valence-electron chi connectivity index (χ4n) is 10.4. The lowest BCUT2D eigenvalue weighted by atomic mass is 9.71. The molecule has 4 saturated heterocycles. The van der Waals surface area contributed by atoms with Gasteiger partial charge in [0, 0.05) is 51.7 Å². The molecular formula is C48H70O14. The predicted molar refractivity (Wildman–Crippen MR) is 226 cm³/mol. The minimum Gasteiger partial charge on any atom is -0.462 e. The number of rotatable bonds is 8. The van der Waals surface area contributed by atoms with E-state index in [2.05, 4.69) is 32.9 Å². The highest BCUT2D eigenvalue weighted by molar-refractivity contribution is 6.03. The number of hydrogen-bond acceptors (Lipinski definition) is 14. The molecule has 0 aromatic rings. The molecule has 14 nitrogen and oxygen atoms in total. The van der Waals surface area contributed by atoms with Crippen molar-refractivity contribution >= 4 is 11.8 Å². The zero-order valence-electron chi connectivity index (χ0n) is 38.1. The second kappa shape index (κ2) is 19.5. The third kappa shape index (κ3) is 9.53. The Morgan fingerprint density at radius 3 is 2.34 bits per heavy atom. The minimum atomic E-state index is -1.94. The third-order valence-corrected chi connectivity index (χ3v) is 14.3. The Balaban J connectivity index is 1.18. The van der Waals surface area contributed by atoms with E-state index in [4.69, 9.17) is 47.4 Å². The third-order valence-electron chi connectivity index (χ3n) is 14.3. The van der Waals surface area contributed by atoms with E-state index in [1.807, 2.05) is 39.0 Å². The summed E-state index contributed by atoms with van der Waals surface area (Å²) in [5, 5.41) is 23.0. The Morgan fingerprint density at radius 1 is 0.903 bits per heavy atom. The van der Waals surface area contributed by atoms with Crippen molar-refractivity contribution < 1.29 is 67.2 Å². The van der Waals surface area contributed by atoms with Gasteiger partial charge in [-0.3, -0.25) is 9.59 Å². The van der Waals surface area contributed by atoms with Gasteiger partial charge in [0.1, 0.15) is 29.8 Å². The molecule has 0 aromatic heterocycles. The van der Waals surface area contributed by atoms with Crippen LogP contribution in [0.15, 0.2) is 59.3 Å². The summed E-state index contributed by atoms with van der Waals surface area (Å²) < 4.78 is 63.5. The predicted octanol–water partition coefficient (Wildman–Crippen LogP) is 5.59. The number of methoxy groups -OCH3 is 2. The summed E-state index contributed by atoms with van der Waals surface area (Å²) in [6, 6.07) is 0. The van der Waals surface area contributed by atoms with Crippen molar-refractivity contribution in [2.24, 2.45) is 23.7 Å². The maximum Gasteiger partial charge on any atom is 0.316 e. The molecule has 2 N–H and O–H groups in total. The number of ketones is 1. The van der Waals surface area contributed by atoms with Crippen LogP contribution < -0.4 is 0 Å². The van der Waals surface area contributed by atoms with E-state index >= 15 is 0 Å². The molecule has 346 valence electrons. The van der Waals surface area contributed by atoms with E-state index in [0.29, 0.717) is 36.8 Å². The average Bonchev–Trinajstić information content (AvgIpc) is 3.58. The number of fused-ring (bicyclic) bond motifs is 2. The van der Waals surface area contributed by atoms with Crippen molar-refractivity contribution in [3.05, 3.63) is 59.3 Å². The molecule has 6 heterocycles. The van der Waals surface area contributed by atoms with Crippen LogP contribution in [0.3, 0.4) is 0 Å². The molecule has 19 atom stereocenters. The van der Waals surface area contributed by atoms with Gasteiger partial charge in [-0.05, 0) is 62.8 Å². The van der Waals surface area contributed by atoms with E-state index in [9.17, 15) is 19.8 Å². The second-order valence-corrected chi connectivity index (χ2v) is 18.8. The van der Waals surface area contributed by atoms with E-state index in [1.54, 1.807) is 34.1 Å². The van der Waals surface area contributed by atoms with Crippen LogP contribution in [0.25, 0.3) is 0 Å². The Bertz CT molecular complexity index is 1770. The Labute approximate surface area is 366 Å². The van der Waals surface area contributed by atoms with Gasteiger partial charge in [0.2, 0.25) is 0 Å². The van der Waals surface area contributed by atoms with Gasteiger partial charge in [-0.1, -0.05) is 70.6 Å². The summed E-state index contributed by atoms with van der Waals surface area (Å²) in [6.45, 7) is 15.9. The first-order chi connectivity index (χ1) is 29.5. The number of Topliss-reactive ketones (excluding diaryl/α,β-unsaturated/α-hetero) is 1. The number of ether oxygens (including phenoxy) is 10. The molecule has 1 spiro atoms. The summed E-state index contributed by atoms with van der Waals surface area (Å²) in [6.07, 6.45) is 9.06. The number of carbonyl (C=O) groups excluding carboxylic acids is 2. The van der Waals surface area contributed by atoms with Crippen LogP contribution in [-0.2, 0) is 57.0 Å². The highest BCUT2D eigenvalue weighted by atomic mass is 16.7. The van der Waals surface area contributed by atoms with E-state index in [-0.39, 0.29) is 42.7 Å². The molecule has 0 aromatic carbocycles. The summed E-state index contributed by atoms with van der Waals surface area (Å²) in [5.41, 5.74) is -0.233. The fourth-order valence-corrected chi connectivity index (χ4v) is 10.4. The largest absolute Gasteiger partial charge is 0.462 e. The molecule has 1 aliphatic carbocycles. The molecule has 0 amide bonds. The SMILES string of the molecule is CC[C@H](C)[C@H]1O[C@]2(C=C[C@@H]1C)C[C@@H]1C[C@@H](C/C=C(/C)[C@@H](O[C@H]3C[C@H](OC)[C@@H](O[C@H]4C[C@H](OC)[C@@H](O)[C@H](C)O4)[C@H](C)O3)[C@@H](C)/C=C\C=C3CO[C@@H]4C(=O)C(C)=C[C@@H](C(=O)O1)[C@]34O)O2. The summed E-state index contributed by atoms with van der Waals surface area (Å²) in [5.74, 6) is -3.08. The number of esters is 1. The van der Waals surface area contributed by atoms with Gasteiger partial charge in [0.15, 0.2) is 30.3 Å². The van der Waals surface area contributed by atoms with Gasteiger partial charge in [-0.2, -0.15) is 0 Å². The average molecular weight is 871 g/mol. The first-order valence-electron chi connectivity index (χ1n) is 22.7. The molecule has 7 aliphatic rings. The van der Waals surface area contributed by atoms with Crippen LogP contribution in [0, 0.1) is 23.7 Å². The maximum atomic E-state index is 14.3. The monoisotopic (exact) mass is 870 g/mol. The van der Waals surface area contributed by atoms with Gasteiger partial charge in [-0.15, -0.1) is 0 Å². The number of aliphatic hydroxyl groups excluding tert-OH is 1. The lowest BCUT2D eigenvalue weighted by molar-refractivity contribution is -0.318. The number of aliphatic hydroxyl groups is 2. The first-order valence-corrected chi connectivity index (χ1v) is 22.7. The van der Waals surface area contributed by atoms with Crippen molar-refractivity contribution in [3.8, 4) is 0 Å². The van der Waals surface area contributed by atoms with Crippen LogP contribution in [0.2, 0.25) is 0 Å². The second-order valence-electron chi connectivity index (χ2n) is 18.8. The lowest BCUT2D eigenvalue weighted by Crippen LogP contribution is -2.57. The Kier molecular flexibility index (Phi) is 14.9. The zero-order chi connectivity index (χ0) is 44.7. The van der Waals surface area contributed by atoms with Crippen molar-refractivity contribution in [2.45, 2.75) is 185 Å². The van der Waals surface area contributed by atoms with Gasteiger partial charge >= 0.3 is 5.97 Å². The van der Waals surface area contributed by atoms with Crippen molar-refractivity contribution in [3.63, 3.8) is 0 Å². The Hall–Kier alpha value is -2.60. The quantitative estimate of drug-likeness (QED) is 0.229. The molecule has 4 fully saturated rings. The Morgan fingerprint density at radius 2 is 1.61 bits per heavy atom.